The second-order valence-corrected chi connectivity index (χ2v) is 7.94. The molecule has 0 aromatic rings. The maximum absolute atomic E-state index is 4.71. The zero-order valence-electron chi connectivity index (χ0n) is 17.7. The van der Waals surface area contributed by atoms with Crippen molar-refractivity contribution in [2.24, 2.45) is 0 Å². The van der Waals surface area contributed by atoms with Crippen LogP contribution in [0.2, 0.25) is 0 Å². The molecule has 4 rings (SSSR count). The van der Waals surface area contributed by atoms with Crippen LogP contribution in [0.4, 0.5) is 0 Å². The Morgan fingerprint density at radius 1 is 0.800 bits per heavy atom. The Morgan fingerprint density at radius 2 is 1.04 bits per heavy atom. The summed E-state index contributed by atoms with van der Waals surface area (Å²) in [5, 5.41) is 0. The fourth-order valence-electron chi connectivity index (χ4n) is 1.62. The van der Waals surface area contributed by atoms with Gasteiger partial charge >= 0.3 is 0 Å². The summed E-state index contributed by atoms with van der Waals surface area (Å²) in [7, 11) is 12.4. The molecule has 3 unspecified atom stereocenters. The maximum Gasteiger partial charge on any atom is 0.0781 e. The van der Waals surface area contributed by atoms with Gasteiger partial charge in [-0.05, 0) is 82.1 Å². The Morgan fingerprint density at radius 3 is 1.12 bits per heavy atom. The summed E-state index contributed by atoms with van der Waals surface area (Å²) >= 11 is 0. The van der Waals surface area contributed by atoms with Gasteiger partial charge in [-0.3, -0.25) is 0 Å². The topological polar surface area (TPSA) is 25.0 Å². The van der Waals surface area contributed by atoms with Crippen molar-refractivity contribution in [3.05, 3.63) is 0 Å². The molecule has 154 valence electrons. The number of ether oxygens (including phenoxy) is 1. The SMILES string of the molecule is C.CC1CN1C.CC1CO1.CN(C)C.CN1CC1.CN1CCCCC1. The first-order valence-corrected chi connectivity index (χ1v) is 9.52. The fraction of sp³-hybridized carbons (Fsp3) is 1.00. The van der Waals surface area contributed by atoms with Crippen LogP contribution >= 0.6 is 0 Å². The van der Waals surface area contributed by atoms with Gasteiger partial charge in [0.05, 0.1) is 12.7 Å². The molecule has 0 aliphatic carbocycles. The van der Waals surface area contributed by atoms with Crippen molar-refractivity contribution in [2.45, 2.75) is 52.7 Å². The van der Waals surface area contributed by atoms with Crippen LogP contribution in [0.1, 0.15) is 40.5 Å². The summed E-state index contributed by atoms with van der Waals surface area (Å²) in [6.07, 6.45) is 4.86. The molecule has 0 spiro atoms. The van der Waals surface area contributed by atoms with Crippen LogP contribution in [-0.4, -0.2) is 113 Å². The smallest absolute Gasteiger partial charge is 0.0781 e. The van der Waals surface area contributed by atoms with Gasteiger partial charge < -0.3 is 24.3 Å². The summed E-state index contributed by atoms with van der Waals surface area (Å²) in [5.74, 6) is 0. The molecule has 5 heteroatoms. The zero-order chi connectivity index (χ0) is 18.5. The van der Waals surface area contributed by atoms with Crippen molar-refractivity contribution in [2.75, 3.05) is 81.6 Å². The van der Waals surface area contributed by atoms with Crippen molar-refractivity contribution in [1.82, 2.24) is 19.6 Å². The lowest BCUT2D eigenvalue weighted by Gasteiger charge is -2.20. The van der Waals surface area contributed by atoms with Crippen LogP contribution in [0, 0.1) is 0 Å². The van der Waals surface area contributed by atoms with E-state index in [1.165, 1.54) is 52.0 Å². The number of epoxide rings is 1. The minimum atomic E-state index is 0. The Hall–Kier alpha value is -0.200. The van der Waals surface area contributed by atoms with Gasteiger partial charge in [0.25, 0.3) is 0 Å². The highest BCUT2D eigenvalue weighted by Crippen LogP contribution is 2.09. The molecule has 4 aliphatic heterocycles. The number of likely N-dealkylation sites (N-methyl/N-ethyl adjacent to an activating group) is 2. The lowest BCUT2D eigenvalue weighted by molar-refractivity contribution is 0.277. The summed E-state index contributed by atoms with van der Waals surface area (Å²) in [6.45, 7) is 11.8. The van der Waals surface area contributed by atoms with Crippen LogP contribution in [0.15, 0.2) is 0 Å². The third kappa shape index (κ3) is 28.9. The Kier molecular flexibility index (Phi) is 17.3. The van der Waals surface area contributed by atoms with Crippen molar-refractivity contribution < 1.29 is 4.74 Å². The molecular weight excluding hydrogens is 312 g/mol. The van der Waals surface area contributed by atoms with E-state index in [0.717, 1.165) is 12.6 Å². The van der Waals surface area contributed by atoms with Crippen molar-refractivity contribution in [3.8, 4) is 0 Å². The average molecular weight is 361 g/mol. The first kappa shape index (κ1) is 27.0. The fourth-order valence-corrected chi connectivity index (χ4v) is 1.62. The average Bonchev–Trinajstić information content (AvgIpc) is 3.40. The minimum Gasteiger partial charge on any atom is -0.373 e. The van der Waals surface area contributed by atoms with Gasteiger partial charge in [-0.25, -0.2) is 0 Å². The maximum atomic E-state index is 4.71. The molecule has 3 atom stereocenters. The molecule has 4 saturated heterocycles. The van der Waals surface area contributed by atoms with Crippen LogP contribution in [0.5, 0.6) is 0 Å². The monoisotopic (exact) mass is 360 g/mol. The highest BCUT2D eigenvalue weighted by molar-refractivity contribution is 4.79. The van der Waals surface area contributed by atoms with E-state index in [-0.39, 0.29) is 7.43 Å². The molecule has 0 aromatic carbocycles. The number of nitrogens with zero attached hydrogens (tertiary/aromatic N) is 4. The summed E-state index contributed by atoms with van der Waals surface area (Å²) in [4.78, 5) is 8.93. The summed E-state index contributed by atoms with van der Waals surface area (Å²) < 4.78 is 4.71. The highest BCUT2D eigenvalue weighted by Gasteiger charge is 2.22. The largest absolute Gasteiger partial charge is 0.373 e. The number of rotatable bonds is 0. The Bertz CT molecular complexity index is 256. The standard InChI is InChI=1S/C6H13N.C4H9N.C3H7N.C3H9N.C3H6O.CH4/c1-7-5-3-2-4-6-7;1-4-3-5(4)2;1-4-2-3-4;1-4(2)3;1-3-2-4-3;/h2-6H2,1H3;4H,3H2,1-2H3;2-3H2,1H3;1-3H3;3H,2H2,1H3;1H4. The molecule has 25 heavy (non-hydrogen) atoms. The van der Waals surface area contributed by atoms with Gasteiger partial charge in [0.1, 0.15) is 0 Å². The van der Waals surface area contributed by atoms with Crippen molar-refractivity contribution in [3.63, 3.8) is 0 Å². The van der Waals surface area contributed by atoms with E-state index in [9.17, 15) is 0 Å². The third-order valence-corrected chi connectivity index (χ3v) is 3.92. The Balaban J connectivity index is 0. The van der Waals surface area contributed by atoms with Gasteiger partial charge in [0.15, 0.2) is 0 Å². The van der Waals surface area contributed by atoms with E-state index >= 15 is 0 Å². The molecule has 0 saturated carbocycles. The normalized spacial score (nSPS) is 28.9. The molecule has 4 aliphatic rings. The summed E-state index contributed by atoms with van der Waals surface area (Å²) in [5.41, 5.74) is 0. The number of hydrogen-bond acceptors (Lipinski definition) is 5. The molecule has 4 fully saturated rings. The second kappa shape index (κ2) is 16.0. The molecular formula is C20H48N4O. The molecule has 0 amide bonds. The third-order valence-electron chi connectivity index (χ3n) is 3.92. The second-order valence-electron chi connectivity index (χ2n) is 7.94. The predicted molar refractivity (Wildman–Crippen MR) is 113 cm³/mol. The van der Waals surface area contributed by atoms with Gasteiger partial charge in [0, 0.05) is 25.7 Å². The van der Waals surface area contributed by atoms with E-state index in [4.69, 9.17) is 4.74 Å². The first-order valence-electron chi connectivity index (χ1n) is 9.52. The van der Waals surface area contributed by atoms with Gasteiger partial charge in [-0.2, -0.15) is 0 Å². The summed E-state index contributed by atoms with van der Waals surface area (Å²) in [6, 6.07) is 0.884. The van der Waals surface area contributed by atoms with Crippen LogP contribution in [0.25, 0.3) is 0 Å². The van der Waals surface area contributed by atoms with Crippen LogP contribution in [0.3, 0.4) is 0 Å². The van der Waals surface area contributed by atoms with Gasteiger partial charge in [-0.1, -0.05) is 13.8 Å². The van der Waals surface area contributed by atoms with Crippen molar-refractivity contribution in [1.29, 1.82) is 0 Å². The van der Waals surface area contributed by atoms with Gasteiger partial charge in [-0.15, -0.1) is 0 Å². The molecule has 4 heterocycles. The van der Waals surface area contributed by atoms with Crippen LogP contribution in [-0.2, 0) is 4.74 Å². The van der Waals surface area contributed by atoms with E-state index < -0.39 is 0 Å². The first-order chi connectivity index (χ1) is 11.2. The predicted octanol–water partition coefficient (Wildman–Crippen LogP) is 2.57. The molecule has 0 aromatic heterocycles. The quantitative estimate of drug-likeness (QED) is 0.618. The van der Waals surface area contributed by atoms with Crippen LogP contribution < -0.4 is 0 Å². The van der Waals surface area contributed by atoms with E-state index in [1.54, 1.807) is 0 Å². The Labute approximate surface area is 159 Å². The van der Waals surface area contributed by atoms with E-state index in [0.29, 0.717) is 6.10 Å². The minimum absolute atomic E-state index is 0. The lowest BCUT2D eigenvalue weighted by Crippen LogP contribution is -2.24. The number of piperidine rings is 1. The molecule has 0 N–H and O–H groups in total. The van der Waals surface area contributed by atoms with E-state index in [2.05, 4.69) is 49.7 Å². The van der Waals surface area contributed by atoms with E-state index in [1.807, 2.05) is 26.0 Å². The molecule has 5 nitrogen and oxygen atoms in total. The number of hydrogen-bond donors (Lipinski definition) is 0. The zero-order valence-corrected chi connectivity index (χ0v) is 17.7. The number of likely N-dealkylation sites (tertiary alicyclic amines) is 1. The highest BCUT2D eigenvalue weighted by atomic mass is 16.6. The molecule has 0 radical (unpaired) electrons. The van der Waals surface area contributed by atoms with Gasteiger partial charge in [0.2, 0.25) is 0 Å². The lowest BCUT2D eigenvalue weighted by atomic mass is 10.1. The molecule has 0 bridgehead atoms. The van der Waals surface area contributed by atoms with Crippen molar-refractivity contribution >= 4 is 0 Å².